The van der Waals surface area contributed by atoms with Gasteiger partial charge < -0.3 is 24.7 Å². The van der Waals surface area contributed by atoms with Gasteiger partial charge in [0.15, 0.2) is 14.1 Å². The van der Waals surface area contributed by atoms with Crippen LogP contribution in [0.1, 0.15) is 57.4 Å². The van der Waals surface area contributed by atoms with E-state index in [1.165, 1.54) is 0 Å². The molecule has 0 atom stereocenters. The van der Waals surface area contributed by atoms with Gasteiger partial charge in [0, 0.05) is 12.1 Å². The molecule has 0 aliphatic heterocycles. The monoisotopic (exact) mass is 544 g/mol. The van der Waals surface area contributed by atoms with E-state index in [2.05, 4.69) is 61.4 Å². The zero-order valence-corrected chi connectivity index (χ0v) is 24.4. The number of hydrogen-bond donors (Lipinski definition) is 4. The minimum Gasteiger partial charge on any atom is -0.496 e. The smallest absolute Gasteiger partial charge is 0.411 e. The maximum absolute atomic E-state index is 11.4. The minimum atomic E-state index is -2.11. The largest absolute Gasteiger partial charge is 0.496 e. The fraction of sp³-hybridized carbons (Fsp3) is 0.538. The van der Waals surface area contributed by atoms with E-state index in [1.54, 1.807) is 17.9 Å². The third-order valence-electron chi connectivity index (χ3n) is 6.93. The molecule has 0 unspecified atom stereocenters. The standard InChI is InChI=1S/C26H40N6O5Si/c1-8-9-12-27-23-22-21(28-24(29-23)30-25(34)35)19(16-37-38(6,7)26(2,3)4)31-32(22)14-18-11-10-17(15-33)13-20(18)36-5/h10-11,13,33H,8-9,12,14-16H2,1-7H3,(H,34,35)(H2,27,28,29,30). The zero-order chi connectivity index (χ0) is 28.1. The Kier molecular flexibility index (Phi) is 9.34. The number of ether oxygens (including phenoxy) is 1. The van der Waals surface area contributed by atoms with Crippen molar-refractivity contribution in [3.63, 3.8) is 0 Å². The first-order valence-electron chi connectivity index (χ1n) is 12.8. The molecule has 2 aromatic heterocycles. The summed E-state index contributed by atoms with van der Waals surface area (Å²) in [6.45, 7) is 14.1. The maximum Gasteiger partial charge on any atom is 0.411 e. The molecule has 0 saturated carbocycles. The molecular weight excluding hydrogens is 504 g/mol. The molecule has 11 nitrogen and oxygen atoms in total. The van der Waals surface area contributed by atoms with Gasteiger partial charge in [-0.25, -0.2) is 9.78 Å². The Morgan fingerprint density at radius 2 is 1.95 bits per heavy atom. The molecule has 1 aromatic carbocycles. The SMILES string of the molecule is CCCCNc1nc(NC(=O)O)nc2c(CO[Si](C)(C)C(C)(C)C)nn(Cc3ccc(CO)cc3OC)c12. The number of hydrogen-bond acceptors (Lipinski definition) is 8. The number of amides is 1. The fourth-order valence-electron chi connectivity index (χ4n) is 3.66. The van der Waals surface area contributed by atoms with Gasteiger partial charge in [0.05, 0.1) is 26.9 Å². The van der Waals surface area contributed by atoms with Crippen LogP contribution >= 0.6 is 0 Å². The predicted octanol–water partition coefficient (Wildman–Crippen LogP) is 5.20. The molecular formula is C26H40N6O5Si. The highest BCUT2D eigenvalue weighted by atomic mass is 28.4. The van der Waals surface area contributed by atoms with E-state index in [0.717, 1.165) is 24.0 Å². The van der Waals surface area contributed by atoms with Crippen LogP contribution in [0.2, 0.25) is 18.1 Å². The van der Waals surface area contributed by atoms with Crippen molar-refractivity contribution in [2.24, 2.45) is 0 Å². The molecule has 0 fully saturated rings. The van der Waals surface area contributed by atoms with Crippen LogP contribution < -0.4 is 15.4 Å². The first-order valence-corrected chi connectivity index (χ1v) is 15.7. The third-order valence-corrected chi connectivity index (χ3v) is 11.4. The van der Waals surface area contributed by atoms with Crippen LogP contribution in [0.3, 0.4) is 0 Å². The van der Waals surface area contributed by atoms with Gasteiger partial charge in [-0.05, 0) is 36.2 Å². The molecule has 208 valence electrons. The molecule has 2 heterocycles. The van der Waals surface area contributed by atoms with E-state index in [0.29, 0.717) is 41.4 Å². The minimum absolute atomic E-state index is 0.00502. The average molecular weight is 545 g/mol. The van der Waals surface area contributed by atoms with Gasteiger partial charge >= 0.3 is 6.09 Å². The number of anilines is 2. The predicted molar refractivity (Wildman–Crippen MR) is 150 cm³/mol. The van der Waals surface area contributed by atoms with E-state index in [-0.39, 0.29) is 24.2 Å². The number of nitrogens with one attached hydrogen (secondary N) is 2. The maximum atomic E-state index is 11.4. The summed E-state index contributed by atoms with van der Waals surface area (Å²) < 4.78 is 13.9. The summed E-state index contributed by atoms with van der Waals surface area (Å²) in [6, 6.07) is 5.54. The Morgan fingerprint density at radius 3 is 2.55 bits per heavy atom. The van der Waals surface area contributed by atoms with Gasteiger partial charge in [-0.3, -0.25) is 10.00 Å². The average Bonchev–Trinajstić information content (AvgIpc) is 3.19. The van der Waals surface area contributed by atoms with E-state index in [9.17, 15) is 15.0 Å². The van der Waals surface area contributed by atoms with Crippen molar-refractivity contribution in [2.75, 3.05) is 24.3 Å². The molecule has 12 heteroatoms. The van der Waals surface area contributed by atoms with Crippen molar-refractivity contribution in [3.05, 3.63) is 35.0 Å². The molecule has 0 spiro atoms. The van der Waals surface area contributed by atoms with Crippen LogP contribution in [0.25, 0.3) is 11.0 Å². The third kappa shape index (κ3) is 6.80. The normalized spacial score (nSPS) is 12.1. The van der Waals surface area contributed by atoms with Crippen LogP contribution in [0.15, 0.2) is 18.2 Å². The molecule has 0 saturated heterocycles. The first kappa shape index (κ1) is 29.3. The molecule has 0 aliphatic rings. The second-order valence-electron chi connectivity index (χ2n) is 10.8. The number of methoxy groups -OCH3 is 1. The molecule has 0 bridgehead atoms. The number of unbranched alkanes of at least 4 members (excludes halogenated alkanes) is 1. The summed E-state index contributed by atoms with van der Waals surface area (Å²) in [6.07, 6.45) is 0.656. The van der Waals surface area contributed by atoms with E-state index in [1.807, 2.05) is 12.1 Å². The number of nitrogens with zero attached hydrogens (tertiary/aromatic N) is 4. The Labute approximate surface area is 224 Å². The number of rotatable bonds is 12. The number of aromatic nitrogens is 4. The highest BCUT2D eigenvalue weighted by Gasteiger charge is 2.37. The van der Waals surface area contributed by atoms with Crippen molar-refractivity contribution in [2.45, 2.75) is 78.4 Å². The molecule has 0 radical (unpaired) electrons. The lowest BCUT2D eigenvalue weighted by Gasteiger charge is -2.35. The molecule has 3 aromatic rings. The van der Waals surface area contributed by atoms with Gasteiger partial charge in [0.1, 0.15) is 22.5 Å². The molecule has 3 rings (SSSR count). The van der Waals surface area contributed by atoms with Crippen molar-refractivity contribution in [1.82, 2.24) is 19.7 Å². The van der Waals surface area contributed by atoms with Gasteiger partial charge in [0.2, 0.25) is 5.95 Å². The Balaban J connectivity index is 2.16. The number of carbonyl (C=O) groups is 1. The first-order chi connectivity index (χ1) is 17.9. The summed E-state index contributed by atoms with van der Waals surface area (Å²) in [5.41, 5.74) is 3.38. The summed E-state index contributed by atoms with van der Waals surface area (Å²) in [4.78, 5) is 20.4. The van der Waals surface area contributed by atoms with Gasteiger partial charge in [0.25, 0.3) is 0 Å². The lowest BCUT2D eigenvalue weighted by atomic mass is 10.1. The van der Waals surface area contributed by atoms with Crippen molar-refractivity contribution in [3.8, 4) is 5.75 Å². The fourth-order valence-corrected chi connectivity index (χ4v) is 4.59. The van der Waals surface area contributed by atoms with E-state index in [4.69, 9.17) is 14.3 Å². The van der Waals surface area contributed by atoms with Crippen LogP contribution in [0, 0.1) is 0 Å². The number of benzene rings is 1. The number of aliphatic hydroxyl groups is 1. The quantitative estimate of drug-likeness (QED) is 0.179. The summed E-state index contributed by atoms with van der Waals surface area (Å²) >= 11 is 0. The molecule has 1 amide bonds. The Bertz CT molecular complexity index is 1270. The highest BCUT2D eigenvalue weighted by molar-refractivity contribution is 6.74. The summed E-state index contributed by atoms with van der Waals surface area (Å²) in [7, 11) is -0.519. The van der Waals surface area contributed by atoms with Crippen LogP contribution in [0.4, 0.5) is 16.6 Å². The lowest BCUT2D eigenvalue weighted by Crippen LogP contribution is -2.40. The second-order valence-corrected chi connectivity index (χ2v) is 15.6. The van der Waals surface area contributed by atoms with Crippen LogP contribution in [-0.4, -0.2) is 58.0 Å². The molecule has 38 heavy (non-hydrogen) atoms. The Morgan fingerprint density at radius 1 is 1.21 bits per heavy atom. The highest BCUT2D eigenvalue weighted by Crippen LogP contribution is 2.37. The summed E-state index contributed by atoms with van der Waals surface area (Å²) in [5, 5.41) is 29.4. The lowest BCUT2D eigenvalue weighted by molar-refractivity contribution is 0.209. The molecule has 0 aliphatic carbocycles. The van der Waals surface area contributed by atoms with Crippen molar-refractivity contribution in [1.29, 1.82) is 0 Å². The topological polar surface area (TPSA) is 144 Å². The number of fused-ring (bicyclic) bond motifs is 1. The second kappa shape index (κ2) is 12.1. The van der Waals surface area contributed by atoms with E-state index < -0.39 is 14.4 Å². The number of carboxylic acid groups (broad SMARTS) is 1. The zero-order valence-electron chi connectivity index (χ0n) is 23.4. The van der Waals surface area contributed by atoms with Crippen molar-refractivity contribution >= 4 is 37.2 Å². The Hall–Kier alpha value is -3.22. The molecule has 4 N–H and O–H groups in total. The van der Waals surface area contributed by atoms with E-state index >= 15 is 0 Å². The number of aliphatic hydroxyl groups excluding tert-OH is 1. The van der Waals surface area contributed by atoms with Gasteiger partial charge in [-0.15, -0.1) is 0 Å². The van der Waals surface area contributed by atoms with Gasteiger partial charge in [-0.2, -0.15) is 10.1 Å². The van der Waals surface area contributed by atoms with Crippen molar-refractivity contribution < 1.29 is 24.2 Å². The van der Waals surface area contributed by atoms with Gasteiger partial charge in [-0.1, -0.05) is 46.2 Å². The summed E-state index contributed by atoms with van der Waals surface area (Å²) in [5.74, 6) is 1.09. The van der Waals surface area contributed by atoms with Crippen LogP contribution in [0.5, 0.6) is 5.75 Å². The van der Waals surface area contributed by atoms with Crippen LogP contribution in [-0.2, 0) is 24.2 Å².